The van der Waals surface area contributed by atoms with Crippen LogP contribution in [-0.2, 0) is 9.05 Å². The summed E-state index contributed by atoms with van der Waals surface area (Å²) >= 11 is 5.28. The molecule has 1 aromatic rings. The molecule has 0 saturated heterocycles. The number of hydrogen-bond acceptors (Lipinski definition) is 3. The average Bonchev–Trinajstić information content (AvgIpc) is 1.83. The van der Waals surface area contributed by atoms with E-state index in [9.17, 15) is 12.8 Å². The van der Waals surface area contributed by atoms with E-state index in [1.165, 1.54) is 0 Å². The monoisotopic (exact) mass is 229 g/mol. The highest BCUT2D eigenvalue weighted by atomic mass is 35.7. The summed E-state index contributed by atoms with van der Waals surface area (Å²) in [6.07, 6.45) is 0. The van der Waals surface area contributed by atoms with Crippen LogP contribution < -0.4 is 0 Å². The lowest BCUT2D eigenvalue weighted by molar-refractivity contribution is 0.543. The van der Waals surface area contributed by atoms with E-state index in [1.54, 1.807) is 0 Å². The van der Waals surface area contributed by atoms with Gasteiger partial charge in [0.2, 0.25) is 5.95 Å². The Morgan fingerprint density at radius 3 is 2.42 bits per heavy atom. The zero-order chi connectivity index (χ0) is 9.35. The molecule has 0 bridgehead atoms. The third-order valence-corrected chi connectivity index (χ3v) is 2.58. The number of aromatic nitrogens is 1. The standard InChI is InChI=1S/C5H2Cl2FNO2S/c6-4-2-1-3(5(8)9-4)12(7,10)11/h1-2H. The Bertz CT molecular complexity index is 406. The molecule has 7 heteroatoms. The van der Waals surface area contributed by atoms with Crippen LogP contribution in [0.3, 0.4) is 0 Å². The van der Waals surface area contributed by atoms with Gasteiger partial charge in [0.05, 0.1) is 0 Å². The summed E-state index contributed by atoms with van der Waals surface area (Å²) in [5.74, 6) is -1.20. The first kappa shape index (κ1) is 9.70. The molecule has 0 fully saturated rings. The molecule has 0 aliphatic carbocycles. The number of hydrogen-bond donors (Lipinski definition) is 0. The summed E-state index contributed by atoms with van der Waals surface area (Å²) in [6, 6.07) is 2.09. The summed E-state index contributed by atoms with van der Waals surface area (Å²) in [5.41, 5.74) is 0. The SMILES string of the molecule is O=S(=O)(Cl)c1ccc(Cl)nc1F. The first-order chi connectivity index (χ1) is 5.41. The van der Waals surface area contributed by atoms with E-state index in [1.807, 2.05) is 0 Å². The normalized spacial score (nSPS) is 11.6. The second-order valence-corrected chi connectivity index (χ2v) is 4.78. The summed E-state index contributed by atoms with van der Waals surface area (Å²) < 4.78 is 33.9. The van der Waals surface area contributed by atoms with Crippen LogP contribution in [0.15, 0.2) is 17.0 Å². The highest BCUT2D eigenvalue weighted by Gasteiger charge is 2.16. The summed E-state index contributed by atoms with van der Waals surface area (Å²) in [5, 5.41) is -0.128. The number of nitrogens with zero attached hydrogens (tertiary/aromatic N) is 1. The van der Waals surface area contributed by atoms with Crippen molar-refractivity contribution < 1.29 is 12.8 Å². The van der Waals surface area contributed by atoms with E-state index in [4.69, 9.17) is 22.3 Å². The number of pyridine rings is 1. The van der Waals surface area contributed by atoms with Crippen LogP contribution in [-0.4, -0.2) is 13.4 Å². The van der Waals surface area contributed by atoms with Crippen molar-refractivity contribution >= 4 is 31.3 Å². The highest BCUT2D eigenvalue weighted by molar-refractivity contribution is 8.13. The van der Waals surface area contributed by atoms with Crippen molar-refractivity contribution in [1.82, 2.24) is 4.98 Å². The highest BCUT2D eigenvalue weighted by Crippen LogP contribution is 2.18. The zero-order valence-electron chi connectivity index (χ0n) is 5.46. The predicted molar refractivity (Wildman–Crippen MR) is 42.2 cm³/mol. The van der Waals surface area contributed by atoms with Gasteiger partial charge in [0.15, 0.2) is 0 Å². The van der Waals surface area contributed by atoms with Crippen molar-refractivity contribution in [2.45, 2.75) is 4.90 Å². The lowest BCUT2D eigenvalue weighted by Gasteiger charge is -1.96. The molecule has 0 amide bonds. The molecule has 3 nitrogen and oxygen atoms in total. The molecule has 12 heavy (non-hydrogen) atoms. The molecule has 0 atom stereocenters. The largest absolute Gasteiger partial charge is 0.265 e. The Balaban J connectivity index is 3.39. The average molecular weight is 230 g/mol. The van der Waals surface area contributed by atoms with Gasteiger partial charge in [-0.15, -0.1) is 0 Å². The molecule has 0 aromatic carbocycles. The van der Waals surface area contributed by atoms with E-state index >= 15 is 0 Å². The summed E-state index contributed by atoms with van der Waals surface area (Å²) in [7, 11) is 0.791. The van der Waals surface area contributed by atoms with Gasteiger partial charge in [0.1, 0.15) is 10.0 Å². The fourth-order valence-electron chi connectivity index (χ4n) is 0.581. The Hall–Kier alpha value is -0.390. The molecule has 1 heterocycles. The van der Waals surface area contributed by atoms with Crippen LogP contribution in [0.2, 0.25) is 5.15 Å². The smallest absolute Gasteiger partial charge is 0.207 e. The first-order valence-corrected chi connectivity index (χ1v) is 5.36. The van der Waals surface area contributed by atoms with Gasteiger partial charge in [-0.1, -0.05) is 11.6 Å². The molecular formula is C5H2Cl2FNO2S. The number of halogens is 3. The zero-order valence-corrected chi connectivity index (χ0v) is 7.79. The van der Waals surface area contributed by atoms with E-state index in [-0.39, 0.29) is 5.15 Å². The molecule has 0 saturated carbocycles. The lowest BCUT2D eigenvalue weighted by atomic mass is 10.5. The van der Waals surface area contributed by atoms with Crippen LogP contribution in [0.25, 0.3) is 0 Å². The maximum atomic E-state index is 12.7. The van der Waals surface area contributed by atoms with E-state index in [0.717, 1.165) is 12.1 Å². The van der Waals surface area contributed by atoms with Gasteiger partial charge in [0.25, 0.3) is 9.05 Å². The molecular weight excluding hydrogens is 228 g/mol. The molecule has 0 unspecified atom stereocenters. The third kappa shape index (κ3) is 2.06. The summed E-state index contributed by atoms with van der Waals surface area (Å²) in [4.78, 5) is 2.40. The fraction of sp³-hybridized carbons (Fsp3) is 0. The first-order valence-electron chi connectivity index (χ1n) is 2.68. The minimum atomic E-state index is -4.07. The Morgan fingerprint density at radius 2 is 2.00 bits per heavy atom. The molecule has 0 spiro atoms. The minimum absolute atomic E-state index is 0.128. The van der Waals surface area contributed by atoms with Crippen LogP contribution in [0, 0.1) is 5.95 Å². The van der Waals surface area contributed by atoms with Crippen molar-refractivity contribution in [3.05, 3.63) is 23.2 Å². The van der Waals surface area contributed by atoms with Gasteiger partial charge in [-0.3, -0.25) is 0 Å². The topological polar surface area (TPSA) is 47.0 Å². The van der Waals surface area contributed by atoms with Gasteiger partial charge < -0.3 is 0 Å². The maximum Gasteiger partial charge on any atom is 0.265 e. The van der Waals surface area contributed by atoms with Gasteiger partial charge in [0, 0.05) is 10.7 Å². The van der Waals surface area contributed by atoms with Crippen molar-refractivity contribution in [2.24, 2.45) is 0 Å². The van der Waals surface area contributed by atoms with Crippen molar-refractivity contribution in [3.63, 3.8) is 0 Å². The van der Waals surface area contributed by atoms with Gasteiger partial charge in [-0.05, 0) is 12.1 Å². The van der Waals surface area contributed by atoms with Crippen molar-refractivity contribution in [3.8, 4) is 0 Å². The fourth-order valence-corrected chi connectivity index (χ4v) is 1.54. The van der Waals surface area contributed by atoms with E-state index < -0.39 is 19.9 Å². The minimum Gasteiger partial charge on any atom is -0.207 e. The molecule has 0 N–H and O–H groups in total. The molecule has 0 aliphatic heterocycles. The van der Waals surface area contributed by atoms with Crippen LogP contribution in [0.4, 0.5) is 4.39 Å². The van der Waals surface area contributed by atoms with E-state index in [0.29, 0.717) is 0 Å². The number of rotatable bonds is 1. The van der Waals surface area contributed by atoms with Crippen molar-refractivity contribution in [2.75, 3.05) is 0 Å². The van der Waals surface area contributed by atoms with Gasteiger partial charge in [-0.25, -0.2) is 13.4 Å². The molecule has 0 aliphatic rings. The Morgan fingerprint density at radius 1 is 1.42 bits per heavy atom. The molecule has 0 radical (unpaired) electrons. The Labute approximate surface area is 77.6 Å². The second kappa shape index (κ2) is 3.16. The van der Waals surface area contributed by atoms with Crippen LogP contribution >= 0.6 is 22.3 Å². The van der Waals surface area contributed by atoms with Crippen molar-refractivity contribution in [1.29, 1.82) is 0 Å². The van der Waals surface area contributed by atoms with E-state index in [2.05, 4.69) is 4.98 Å². The molecule has 1 rings (SSSR count). The van der Waals surface area contributed by atoms with Gasteiger partial charge >= 0.3 is 0 Å². The molecule has 66 valence electrons. The predicted octanol–water partition coefficient (Wildman–Crippen LogP) is 1.80. The second-order valence-electron chi connectivity index (χ2n) is 1.86. The van der Waals surface area contributed by atoms with Gasteiger partial charge in [-0.2, -0.15) is 4.39 Å². The third-order valence-electron chi connectivity index (χ3n) is 1.04. The lowest BCUT2D eigenvalue weighted by Crippen LogP contribution is -1.97. The van der Waals surface area contributed by atoms with Crippen LogP contribution in [0.5, 0.6) is 0 Å². The molecule has 1 aromatic heterocycles. The Kier molecular flexibility index (Phi) is 2.55. The van der Waals surface area contributed by atoms with Crippen LogP contribution in [0.1, 0.15) is 0 Å². The summed E-state index contributed by atoms with van der Waals surface area (Å²) in [6.45, 7) is 0. The maximum absolute atomic E-state index is 12.7. The quantitative estimate of drug-likeness (QED) is 0.545.